The second-order valence-electron chi connectivity index (χ2n) is 7.81. The molecule has 3 atom stereocenters. The van der Waals surface area contributed by atoms with Gasteiger partial charge in [0.25, 0.3) is 5.91 Å². The molecule has 5 nitrogen and oxygen atoms in total. The first kappa shape index (κ1) is 16.4. The maximum atomic E-state index is 12.8. The first-order valence-electron chi connectivity index (χ1n) is 9.20. The number of hydrogen-bond acceptors (Lipinski definition) is 4. The number of benzene rings is 1. The fraction of sp³-hybridized carbons (Fsp3) is 0.450. The number of piperidine rings is 2. The van der Waals surface area contributed by atoms with E-state index in [0.29, 0.717) is 5.92 Å². The summed E-state index contributed by atoms with van der Waals surface area (Å²) in [4.78, 5) is 18.0. The van der Waals surface area contributed by atoms with Gasteiger partial charge in [-0.1, -0.05) is 30.3 Å². The molecule has 3 unspecified atom stereocenters. The lowest BCUT2D eigenvalue weighted by Crippen LogP contribution is -2.70. The van der Waals surface area contributed by atoms with E-state index in [-0.39, 0.29) is 28.3 Å². The second-order valence-corrected chi connectivity index (χ2v) is 8.18. The topological polar surface area (TPSA) is 48.7 Å². The molecule has 4 aliphatic rings. The quantitative estimate of drug-likeness (QED) is 0.898. The number of carbonyl (C=O) groups is 1. The molecule has 0 radical (unpaired) electrons. The van der Waals surface area contributed by atoms with Crippen LogP contribution in [0.1, 0.15) is 16.1 Å². The van der Waals surface area contributed by atoms with Gasteiger partial charge in [-0.05, 0) is 29.3 Å². The van der Waals surface area contributed by atoms with Crippen molar-refractivity contribution < 1.29 is 9.21 Å². The molecule has 4 fully saturated rings. The molecular weight excluding hydrogens is 350 g/mol. The third kappa shape index (κ3) is 2.57. The number of rotatable bonds is 3. The summed E-state index contributed by atoms with van der Waals surface area (Å²) in [6.45, 7) is 6.25. The Kier molecular flexibility index (Phi) is 3.85. The van der Waals surface area contributed by atoms with E-state index in [9.17, 15) is 4.79 Å². The van der Waals surface area contributed by atoms with Gasteiger partial charge in [0.05, 0.1) is 0 Å². The van der Waals surface area contributed by atoms with E-state index in [2.05, 4.69) is 45.4 Å². The normalized spacial score (nSPS) is 35.3. The van der Waals surface area contributed by atoms with Crippen LogP contribution in [-0.4, -0.2) is 61.0 Å². The lowest BCUT2D eigenvalue weighted by atomic mass is 9.64. The van der Waals surface area contributed by atoms with Gasteiger partial charge < -0.3 is 19.5 Å². The molecule has 6 heteroatoms. The van der Waals surface area contributed by atoms with Gasteiger partial charge in [-0.25, -0.2) is 0 Å². The lowest BCUT2D eigenvalue weighted by Gasteiger charge is -2.55. The average Bonchev–Trinajstić information content (AvgIpc) is 2.93. The monoisotopic (exact) mass is 371 g/mol. The smallest absolute Gasteiger partial charge is 0.287 e. The summed E-state index contributed by atoms with van der Waals surface area (Å²) in [5.41, 5.74) is 1.22. The first-order valence-corrected chi connectivity index (χ1v) is 9.58. The second kappa shape index (κ2) is 6.12. The minimum absolute atomic E-state index is 0.0897. The van der Waals surface area contributed by atoms with Crippen LogP contribution in [0.3, 0.4) is 0 Å². The molecule has 0 spiro atoms. The van der Waals surface area contributed by atoms with Gasteiger partial charge in [0.2, 0.25) is 0 Å². The van der Waals surface area contributed by atoms with Crippen LogP contribution in [0, 0.1) is 5.92 Å². The maximum absolute atomic E-state index is 12.8. The number of fused-ring (bicyclic) bond motifs is 1. The number of carbonyl (C=O) groups excluding carboxylic acids is 1. The number of furan rings is 1. The highest BCUT2D eigenvalue weighted by atomic mass is 35.5. The molecule has 136 valence electrons. The molecule has 1 aromatic carbocycles. The number of nitrogens with zero attached hydrogens (tertiary/aromatic N) is 2. The summed E-state index contributed by atoms with van der Waals surface area (Å²) in [5, 5.41) is 3.56. The standard InChI is InChI=1S/C20H22ClN3O2/c21-17-7-6-16(26-17)19(25)22-18-14-10-23-8-9-24(11-14)13-20(18,12-23)15-4-2-1-3-5-15/h1-7,14,18H,8-13H2,(H,22,25). The zero-order valence-electron chi connectivity index (χ0n) is 14.5. The molecule has 4 saturated heterocycles. The summed E-state index contributed by atoms with van der Waals surface area (Å²) in [6.07, 6.45) is 0. The van der Waals surface area contributed by atoms with E-state index in [4.69, 9.17) is 16.0 Å². The van der Waals surface area contributed by atoms with Gasteiger partial charge in [0.1, 0.15) is 0 Å². The molecule has 6 rings (SSSR count). The molecular formula is C20H22ClN3O2. The predicted molar refractivity (Wildman–Crippen MR) is 99.5 cm³/mol. The summed E-state index contributed by atoms with van der Waals surface area (Å²) in [7, 11) is 0. The van der Waals surface area contributed by atoms with Crippen molar-refractivity contribution in [1.82, 2.24) is 15.1 Å². The highest BCUT2D eigenvalue weighted by molar-refractivity contribution is 6.29. The Morgan fingerprint density at radius 2 is 1.77 bits per heavy atom. The number of amides is 1. The Bertz CT molecular complexity index is 805. The van der Waals surface area contributed by atoms with E-state index < -0.39 is 0 Å². The van der Waals surface area contributed by atoms with Crippen LogP contribution in [0.25, 0.3) is 0 Å². The van der Waals surface area contributed by atoms with Crippen molar-refractivity contribution in [3.63, 3.8) is 0 Å². The van der Waals surface area contributed by atoms with Crippen molar-refractivity contribution in [2.24, 2.45) is 5.92 Å². The van der Waals surface area contributed by atoms with Gasteiger partial charge in [0, 0.05) is 56.6 Å². The van der Waals surface area contributed by atoms with E-state index in [1.807, 2.05) is 0 Å². The fourth-order valence-electron chi connectivity index (χ4n) is 5.22. The van der Waals surface area contributed by atoms with Crippen molar-refractivity contribution in [3.8, 4) is 0 Å². The third-order valence-corrected chi connectivity index (χ3v) is 6.43. The molecule has 4 bridgehead atoms. The van der Waals surface area contributed by atoms with Crippen molar-refractivity contribution >= 4 is 17.5 Å². The Labute approximate surface area is 157 Å². The van der Waals surface area contributed by atoms with Crippen LogP contribution >= 0.6 is 11.6 Å². The zero-order chi connectivity index (χ0) is 17.7. The highest BCUT2D eigenvalue weighted by Gasteiger charge is 2.55. The van der Waals surface area contributed by atoms with Crippen LogP contribution in [-0.2, 0) is 5.41 Å². The van der Waals surface area contributed by atoms with Crippen molar-refractivity contribution in [2.45, 2.75) is 11.5 Å². The van der Waals surface area contributed by atoms with E-state index in [0.717, 1.165) is 39.3 Å². The van der Waals surface area contributed by atoms with Gasteiger partial charge in [0.15, 0.2) is 11.0 Å². The van der Waals surface area contributed by atoms with Gasteiger partial charge in [-0.2, -0.15) is 0 Å². The van der Waals surface area contributed by atoms with Gasteiger partial charge >= 0.3 is 0 Å². The fourth-order valence-corrected chi connectivity index (χ4v) is 5.36. The van der Waals surface area contributed by atoms with E-state index >= 15 is 0 Å². The van der Waals surface area contributed by atoms with Crippen LogP contribution in [0.5, 0.6) is 0 Å². The van der Waals surface area contributed by atoms with Crippen molar-refractivity contribution in [3.05, 3.63) is 59.0 Å². The maximum Gasteiger partial charge on any atom is 0.287 e. The number of halogens is 1. The molecule has 1 amide bonds. The van der Waals surface area contributed by atoms with Crippen LogP contribution in [0.4, 0.5) is 0 Å². The van der Waals surface area contributed by atoms with Crippen LogP contribution < -0.4 is 5.32 Å². The average molecular weight is 372 g/mol. The minimum atomic E-state index is -0.173. The van der Waals surface area contributed by atoms with Gasteiger partial charge in [-0.15, -0.1) is 0 Å². The largest absolute Gasteiger partial charge is 0.440 e. The van der Waals surface area contributed by atoms with E-state index in [1.54, 1.807) is 12.1 Å². The SMILES string of the molecule is O=C(NC1C2CN3CCN(C2)CC1(c1ccccc1)C3)c1ccc(Cl)o1. The Morgan fingerprint density at radius 1 is 1.08 bits per heavy atom. The molecule has 1 aromatic heterocycles. The predicted octanol–water partition coefficient (Wildman–Crippen LogP) is 2.23. The lowest BCUT2D eigenvalue weighted by molar-refractivity contribution is 0.0175. The third-order valence-electron chi connectivity index (χ3n) is 6.23. The highest BCUT2D eigenvalue weighted by Crippen LogP contribution is 2.43. The zero-order valence-corrected chi connectivity index (χ0v) is 15.3. The van der Waals surface area contributed by atoms with Crippen LogP contribution in [0.2, 0.25) is 5.22 Å². The van der Waals surface area contributed by atoms with Crippen molar-refractivity contribution in [2.75, 3.05) is 39.3 Å². The first-order chi connectivity index (χ1) is 12.6. The van der Waals surface area contributed by atoms with E-state index in [1.165, 1.54) is 5.56 Å². The Balaban J connectivity index is 1.53. The summed E-state index contributed by atoms with van der Waals surface area (Å²) < 4.78 is 5.33. The Morgan fingerprint density at radius 3 is 2.38 bits per heavy atom. The molecule has 5 heterocycles. The molecule has 0 aliphatic carbocycles. The molecule has 0 saturated carbocycles. The van der Waals surface area contributed by atoms with Gasteiger partial charge in [-0.3, -0.25) is 4.79 Å². The Hall–Kier alpha value is -1.82. The van der Waals surface area contributed by atoms with Crippen LogP contribution in [0.15, 0.2) is 46.9 Å². The molecule has 1 N–H and O–H groups in total. The molecule has 4 aliphatic heterocycles. The molecule has 26 heavy (non-hydrogen) atoms. The van der Waals surface area contributed by atoms with Crippen molar-refractivity contribution in [1.29, 1.82) is 0 Å². The molecule has 2 aromatic rings. The summed E-state index contributed by atoms with van der Waals surface area (Å²) in [5.74, 6) is 0.522. The summed E-state index contributed by atoms with van der Waals surface area (Å²) in [6, 6.07) is 14.0. The summed E-state index contributed by atoms with van der Waals surface area (Å²) >= 11 is 5.85. The number of hydrogen-bond donors (Lipinski definition) is 1. The minimum Gasteiger partial charge on any atom is -0.440 e. The number of nitrogens with one attached hydrogen (secondary N) is 1.